The highest BCUT2D eigenvalue weighted by Crippen LogP contribution is 2.43. The Morgan fingerprint density at radius 3 is 1.53 bits per heavy atom. The normalized spacial score (nSPS) is 10.9. The molecule has 0 aliphatic rings. The van der Waals surface area contributed by atoms with Crippen molar-refractivity contribution in [2.45, 2.75) is 5.54 Å². The second-order valence-corrected chi connectivity index (χ2v) is 10.6. The van der Waals surface area contributed by atoms with Crippen molar-refractivity contribution >= 4 is 15.9 Å². The van der Waals surface area contributed by atoms with Crippen molar-refractivity contribution < 1.29 is 0 Å². The lowest BCUT2D eigenvalue weighted by Gasteiger charge is -2.36. The van der Waals surface area contributed by atoms with Gasteiger partial charge in [-0.25, -0.2) is 4.98 Å². The van der Waals surface area contributed by atoms with Crippen molar-refractivity contribution in [2.75, 3.05) is 0 Å². The first-order valence-electron chi connectivity index (χ1n) is 13.9. The minimum Gasteiger partial charge on any atom is -0.265 e. The van der Waals surface area contributed by atoms with Gasteiger partial charge in [0.25, 0.3) is 0 Å². The lowest BCUT2D eigenvalue weighted by Crippen LogP contribution is -2.38. The number of halogens is 1. The van der Waals surface area contributed by atoms with Gasteiger partial charge in [0.15, 0.2) is 0 Å². The Morgan fingerprint density at radius 2 is 1.07 bits per heavy atom. The molecule has 43 heavy (non-hydrogen) atoms. The van der Waals surface area contributed by atoms with Crippen LogP contribution in [0.25, 0.3) is 22.5 Å². The highest BCUT2D eigenvalue weighted by molar-refractivity contribution is 9.10. The molecular formula is C37H28BrN5. The van der Waals surface area contributed by atoms with Gasteiger partial charge in [0, 0.05) is 36.5 Å². The van der Waals surface area contributed by atoms with E-state index in [1.807, 2.05) is 66.7 Å². The van der Waals surface area contributed by atoms with Crippen LogP contribution in [0.15, 0.2) is 175 Å². The standard InChI is InChI=1S/C32H23BrN4.C5H5N/c33-30-22-24(19-21-35-30)28-23-37(36-31(28)29-18-10-11-20-34-29)32(25-12-4-1-5-13-25,26-14-6-2-7-15-26)27-16-8-3-9-17-27;1-2-4-6-5-3-1/h1-23H;1-5H. The molecule has 0 amide bonds. The largest absolute Gasteiger partial charge is 0.265 e. The van der Waals surface area contributed by atoms with Gasteiger partial charge in [-0.05, 0) is 74.6 Å². The van der Waals surface area contributed by atoms with Crippen molar-refractivity contribution in [3.8, 4) is 22.5 Å². The topological polar surface area (TPSA) is 56.5 Å². The molecule has 3 aromatic carbocycles. The average Bonchev–Trinajstić information content (AvgIpc) is 3.54. The zero-order valence-corrected chi connectivity index (χ0v) is 24.9. The number of nitrogens with zero attached hydrogens (tertiary/aromatic N) is 5. The van der Waals surface area contributed by atoms with Crippen LogP contribution >= 0.6 is 15.9 Å². The van der Waals surface area contributed by atoms with Gasteiger partial charge < -0.3 is 0 Å². The Kier molecular flexibility index (Phi) is 8.57. The van der Waals surface area contributed by atoms with Crippen molar-refractivity contribution in [3.05, 3.63) is 192 Å². The third-order valence-corrected chi connectivity index (χ3v) is 7.58. The Labute approximate surface area is 259 Å². The summed E-state index contributed by atoms with van der Waals surface area (Å²) in [6.45, 7) is 0. The van der Waals surface area contributed by atoms with E-state index in [4.69, 9.17) is 5.10 Å². The molecule has 0 spiro atoms. The highest BCUT2D eigenvalue weighted by atomic mass is 79.9. The molecule has 0 aliphatic heterocycles. The predicted octanol–water partition coefficient (Wildman–Crippen LogP) is 8.69. The molecule has 6 heteroatoms. The predicted molar refractivity (Wildman–Crippen MR) is 175 cm³/mol. The summed E-state index contributed by atoms with van der Waals surface area (Å²) < 4.78 is 2.87. The molecule has 7 rings (SSSR count). The molecule has 0 saturated carbocycles. The molecule has 7 aromatic rings. The molecule has 208 valence electrons. The van der Waals surface area contributed by atoms with Crippen LogP contribution in [0.1, 0.15) is 16.7 Å². The van der Waals surface area contributed by atoms with Crippen LogP contribution in [-0.2, 0) is 5.54 Å². The van der Waals surface area contributed by atoms with E-state index in [2.05, 4.69) is 115 Å². The zero-order valence-electron chi connectivity index (χ0n) is 23.3. The number of pyridine rings is 3. The van der Waals surface area contributed by atoms with Crippen LogP contribution in [0.3, 0.4) is 0 Å². The maximum atomic E-state index is 5.31. The van der Waals surface area contributed by atoms with E-state index < -0.39 is 5.54 Å². The highest BCUT2D eigenvalue weighted by Gasteiger charge is 2.40. The number of rotatable bonds is 6. The maximum Gasteiger partial charge on any atom is 0.138 e. The van der Waals surface area contributed by atoms with Gasteiger partial charge in [-0.1, -0.05) is 103 Å². The van der Waals surface area contributed by atoms with Gasteiger partial charge in [0.1, 0.15) is 15.8 Å². The summed E-state index contributed by atoms with van der Waals surface area (Å²) in [7, 11) is 0. The lowest BCUT2D eigenvalue weighted by atomic mass is 9.77. The average molecular weight is 623 g/mol. The van der Waals surface area contributed by atoms with Crippen LogP contribution in [0, 0.1) is 0 Å². The van der Waals surface area contributed by atoms with Crippen LogP contribution in [-0.4, -0.2) is 24.7 Å². The Balaban J connectivity index is 0.000000491. The van der Waals surface area contributed by atoms with Gasteiger partial charge >= 0.3 is 0 Å². The van der Waals surface area contributed by atoms with E-state index in [-0.39, 0.29) is 0 Å². The Hall–Kier alpha value is -5.20. The smallest absolute Gasteiger partial charge is 0.138 e. The first-order chi connectivity index (χ1) is 21.3. The molecular weight excluding hydrogens is 594 g/mol. The fourth-order valence-corrected chi connectivity index (χ4v) is 5.63. The molecule has 0 saturated heterocycles. The van der Waals surface area contributed by atoms with Gasteiger partial charge in [-0.2, -0.15) is 5.10 Å². The SMILES string of the molecule is Brc1cc(-c2cn(C(c3ccccc3)(c3ccccc3)c3ccccc3)nc2-c2ccccn2)ccn1.c1ccncc1. The van der Waals surface area contributed by atoms with Crippen molar-refractivity contribution in [1.29, 1.82) is 0 Å². The second kappa shape index (κ2) is 13.2. The van der Waals surface area contributed by atoms with Crippen LogP contribution < -0.4 is 0 Å². The zero-order chi connectivity index (χ0) is 29.3. The lowest BCUT2D eigenvalue weighted by molar-refractivity contribution is 0.461. The summed E-state index contributed by atoms with van der Waals surface area (Å²) in [6.07, 6.45) is 9.25. The monoisotopic (exact) mass is 621 g/mol. The molecule has 0 bridgehead atoms. The Bertz CT molecular complexity index is 1740. The summed E-state index contributed by atoms with van der Waals surface area (Å²) in [5.41, 5.74) is 6.25. The molecule has 0 atom stereocenters. The fraction of sp³-hybridized carbons (Fsp3) is 0.0270. The van der Waals surface area contributed by atoms with Crippen LogP contribution in [0.2, 0.25) is 0 Å². The second-order valence-electron chi connectivity index (χ2n) is 9.75. The summed E-state index contributed by atoms with van der Waals surface area (Å²) in [5, 5.41) is 5.31. The molecule has 4 heterocycles. The number of hydrogen-bond acceptors (Lipinski definition) is 4. The van der Waals surface area contributed by atoms with Crippen LogP contribution in [0.5, 0.6) is 0 Å². The van der Waals surface area contributed by atoms with E-state index >= 15 is 0 Å². The first kappa shape index (κ1) is 27.9. The third-order valence-electron chi connectivity index (χ3n) is 7.14. The molecule has 0 radical (unpaired) electrons. The van der Waals surface area contributed by atoms with E-state index in [0.29, 0.717) is 0 Å². The molecule has 0 fully saturated rings. The molecule has 5 nitrogen and oxygen atoms in total. The number of hydrogen-bond donors (Lipinski definition) is 0. The number of benzene rings is 3. The van der Waals surface area contributed by atoms with Crippen molar-refractivity contribution in [2.24, 2.45) is 0 Å². The third kappa shape index (κ3) is 5.92. The van der Waals surface area contributed by atoms with E-state index in [1.165, 1.54) is 0 Å². The summed E-state index contributed by atoms with van der Waals surface area (Å²) in [6, 6.07) is 47.3. The van der Waals surface area contributed by atoms with E-state index in [1.54, 1.807) is 24.8 Å². The number of aromatic nitrogens is 5. The first-order valence-corrected chi connectivity index (χ1v) is 14.7. The molecule has 4 aromatic heterocycles. The molecule has 0 aliphatic carbocycles. The van der Waals surface area contributed by atoms with E-state index in [9.17, 15) is 0 Å². The minimum absolute atomic E-state index is 0.712. The quantitative estimate of drug-likeness (QED) is 0.138. The van der Waals surface area contributed by atoms with E-state index in [0.717, 1.165) is 43.8 Å². The summed E-state index contributed by atoms with van der Waals surface area (Å²) in [4.78, 5) is 12.8. The van der Waals surface area contributed by atoms with Gasteiger partial charge in [0.05, 0.1) is 5.69 Å². The molecule has 0 N–H and O–H groups in total. The maximum absolute atomic E-state index is 5.31. The summed E-state index contributed by atoms with van der Waals surface area (Å²) in [5.74, 6) is 0. The van der Waals surface area contributed by atoms with Gasteiger partial charge in [-0.15, -0.1) is 0 Å². The van der Waals surface area contributed by atoms with Crippen LogP contribution in [0.4, 0.5) is 0 Å². The fourth-order valence-electron chi connectivity index (χ4n) is 5.27. The van der Waals surface area contributed by atoms with Crippen molar-refractivity contribution in [3.63, 3.8) is 0 Å². The van der Waals surface area contributed by atoms with Gasteiger partial charge in [-0.3, -0.25) is 14.6 Å². The van der Waals surface area contributed by atoms with Crippen molar-refractivity contribution in [1.82, 2.24) is 24.7 Å². The van der Waals surface area contributed by atoms with Gasteiger partial charge in [0.2, 0.25) is 0 Å². The summed E-state index contributed by atoms with van der Waals surface area (Å²) >= 11 is 3.54. The minimum atomic E-state index is -0.712. The molecule has 0 unspecified atom stereocenters. The Morgan fingerprint density at radius 1 is 0.535 bits per heavy atom.